The van der Waals surface area contributed by atoms with E-state index in [-0.39, 0.29) is 15.7 Å². The normalized spacial score (nSPS) is 12.1. The molecule has 1 aromatic heterocycles. The quantitative estimate of drug-likeness (QED) is 0.405. The first-order valence-electron chi connectivity index (χ1n) is 9.52. The Bertz CT molecular complexity index is 1150. The van der Waals surface area contributed by atoms with E-state index in [0.29, 0.717) is 0 Å². The van der Waals surface area contributed by atoms with Gasteiger partial charge < -0.3 is 4.74 Å². The topological polar surface area (TPSA) is 122 Å². The maximum atomic E-state index is 12.5. The van der Waals surface area contributed by atoms with E-state index >= 15 is 0 Å². The molecule has 9 nitrogen and oxygen atoms in total. The number of nitrogens with zero attached hydrogens (tertiary/aromatic N) is 2. The summed E-state index contributed by atoms with van der Waals surface area (Å²) in [4.78, 5) is -0.0657. The van der Waals surface area contributed by atoms with Crippen LogP contribution < -0.4 is 4.74 Å². The van der Waals surface area contributed by atoms with E-state index in [4.69, 9.17) is 13.1 Å². The number of aromatic nitrogens is 2. The van der Waals surface area contributed by atoms with Gasteiger partial charge in [-0.3, -0.25) is 8.37 Å². The molecule has 3 aromatic rings. The molecule has 0 fully saturated rings. The lowest BCUT2D eigenvalue weighted by Crippen LogP contribution is -2.31. The highest BCUT2D eigenvalue weighted by molar-refractivity contribution is 7.87. The molecule has 1 heterocycles. The summed E-state index contributed by atoms with van der Waals surface area (Å²) < 4.78 is 65.7. The van der Waals surface area contributed by atoms with E-state index < -0.39 is 39.6 Å². The van der Waals surface area contributed by atoms with Gasteiger partial charge in [0.15, 0.2) is 0 Å². The molecule has 0 bridgehead atoms. The van der Waals surface area contributed by atoms with Crippen LogP contribution in [0.15, 0.2) is 76.7 Å². The van der Waals surface area contributed by atoms with Crippen molar-refractivity contribution in [2.75, 3.05) is 13.2 Å². The van der Waals surface area contributed by atoms with Gasteiger partial charge in [0.2, 0.25) is 5.88 Å². The maximum Gasteiger partial charge on any atom is 0.297 e. The second-order valence-electron chi connectivity index (χ2n) is 6.91. The predicted molar refractivity (Wildman–Crippen MR) is 115 cm³/mol. The van der Waals surface area contributed by atoms with Crippen molar-refractivity contribution in [3.05, 3.63) is 78.0 Å². The third-order valence-electron chi connectivity index (χ3n) is 4.27. The summed E-state index contributed by atoms with van der Waals surface area (Å²) >= 11 is 0. The lowest BCUT2D eigenvalue weighted by atomic mass is 10.2. The molecule has 32 heavy (non-hydrogen) atoms. The Hall–Kier alpha value is -2.86. The number of hydrogen-bond donors (Lipinski definition) is 0. The fourth-order valence-corrected chi connectivity index (χ4v) is 4.39. The molecule has 170 valence electrons. The fraction of sp³-hybridized carbons (Fsp3) is 0.238. The molecular formula is C21H22N2O7S2. The first-order valence-corrected chi connectivity index (χ1v) is 12.3. The molecular weight excluding hydrogens is 456 g/mol. The third kappa shape index (κ3) is 6.57. The number of ether oxygens (including phenoxy) is 1. The van der Waals surface area contributed by atoms with Crippen molar-refractivity contribution in [1.29, 1.82) is 0 Å². The van der Waals surface area contributed by atoms with E-state index in [9.17, 15) is 16.8 Å². The lowest BCUT2D eigenvalue weighted by molar-refractivity contribution is 0.0815. The van der Waals surface area contributed by atoms with Crippen molar-refractivity contribution >= 4 is 20.2 Å². The number of aryl methyl sites for hydroxylation is 2. The van der Waals surface area contributed by atoms with Gasteiger partial charge in [-0.15, -0.1) is 5.10 Å². The monoisotopic (exact) mass is 478 g/mol. The predicted octanol–water partition coefficient (Wildman–Crippen LogP) is 2.65. The second kappa shape index (κ2) is 10.2. The van der Waals surface area contributed by atoms with Gasteiger partial charge in [0.05, 0.1) is 9.79 Å². The molecule has 3 rings (SSSR count). The van der Waals surface area contributed by atoms with E-state index in [1.54, 1.807) is 30.3 Å². The minimum absolute atomic E-state index is 0.0328. The van der Waals surface area contributed by atoms with E-state index in [1.165, 1.54) is 36.5 Å². The molecule has 0 aliphatic heterocycles. The van der Waals surface area contributed by atoms with Crippen LogP contribution in [-0.4, -0.2) is 46.4 Å². The van der Waals surface area contributed by atoms with Crippen LogP contribution in [0.1, 0.15) is 11.1 Å². The Morgan fingerprint density at radius 2 is 1.22 bits per heavy atom. The van der Waals surface area contributed by atoms with Crippen LogP contribution in [0, 0.1) is 13.8 Å². The van der Waals surface area contributed by atoms with Gasteiger partial charge >= 0.3 is 0 Å². The van der Waals surface area contributed by atoms with Gasteiger partial charge in [-0.2, -0.15) is 21.9 Å². The Morgan fingerprint density at radius 1 is 0.750 bits per heavy atom. The van der Waals surface area contributed by atoms with Crippen molar-refractivity contribution in [3.8, 4) is 5.88 Å². The van der Waals surface area contributed by atoms with Gasteiger partial charge in [-0.25, -0.2) is 0 Å². The van der Waals surface area contributed by atoms with Crippen LogP contribution in [0.3, 0.4) is 0 Å². The average Bonchev–Trinajstić information content (AvgIpc) is 2.77. The summed E-state index contributed by atoms with van der Waals surface area (Å²) in [5, 5.41) is 7.43. The van der Waals surface area contributed by atoms with Gasteiger partial charge in [-0.1, -0.05) is 35.4 Å². The number of rotatable bonds is 10. The third-order valence-corrected chi connectivity index (χ3v) is 6.86. The summed E-state index contributed by atoms with van der Waals surface area (Å²) in [6.07, 6.45) is 0.325. The number of hydrogen-bond acceptors (Lipinski definition) is 9. The Kier molecular flexibility index (Phi) is 7.56. The molecule has 11 heteroatoms. The van der Waals surface area contributed by atoms with E-state index in [2.05, 4.69) is 10.2 Å². The summed E-state index contributed by atoms with van der Waals surface area (Å²) in [6.45, 7) is 2.65. The molecule has 2 aromatic carbocycles. The molecule has 0 aliphatic carbocycles. The molecule has 0 unspecified atom stereocenters. The summed E-state index contributed by atoms with van der Waals surface area (Å²) in [5.74, 6) is 0.0603. The highest BCUT2D eigenvalue weighted by Crippen LogP contribution is 2.17. The highest BCUT2D eigenvalue weighted by atomic mass is 32.2. The van der Waals surface area contributed by atoms with Crippen molar-refractivity contribution < 1.29 is 29.9 Å². The molecule has 0 aliphatic rings. The van der Waals surface area contributed by atoms with Gasteiger partial charge in [0.1, 0.15) is 19.3 Å². The van der Waals surface area contributed by atoms with Crippen LogP contribution in [-0.2, 0) is 28.6 Å². The minimum atomic E-state index is -4.10. The van der Waals surface area contributed by atoms with Crippen LogP contribution in [0.2, 0.25) is 0 Å². The maximum absolute atomic E-state index is 12.5. The SMILES string of the molecule is Cc1ccc(S(=O)(=O)OCC(COS(=O)(=O)c2ccc(C)cc2)Oc2cccnn2)cc1. The number of benzene rings is 2. The van der Waals surface area contributed by atoms with Crippen LogP contribution in [0.5, 0.6) is 5.88 Å². The molecule has 0 atom stereocenters. The highest BCUT2D eigenvalue weighted by Gasteiger charge is 2.24. The summed E-state index contributed by atoms with van der Waals surface area (Å²) in [6, 6.07) is 15.3. The zero-order valence-electron chi connectivity index (χ0n) is 17.4. The molecule has 0 saturated heterocycles. The zero-order valence-corrected chi connectivity index (χ0v) is 19.0. The molecule has 0 radical (unpaired) electrons. The van der Waals surface area contributed by atoms with Crippen molar-refractivity contribution in [2.24, 2.45) is 0 Å². The largest absolute Gasteiger partial charge is 0.468 e. The van der Waals surface area contributed by atoms with Gasteiger partial charge in [-0.05, 0) is 44.2 Å². The van der Waals surface area contributed by atoms with Crippen LogP contribution in [0.25, 0.3) is 0 Å². The Balaban J connectivity index is 1.73. The van der Waals surface area contributed by atoms with Crippen LogP contribution in [0.4, 0.5) is 0 Å². The molecule has 0 amide bonds. The Labute approximate surface area is 187 Å². The minimum Gasteiger partial charge on any atom is -0.468 e. The smallest absolute Gasteiger partial charge is 0.297 e. The van der Waals surface area contributed by atoms with Crippen molar-refractivity contribution in [1.82, 2.24) is 10.2 Å². The molecule has 0 spiro atoms. The van der Waals surface area contributed by atoms with E-state index in [1.807, 2.05) is 13.8 Å². The fourth-order valence-electron chi connectivity index (χ4n) is 2.51. The molecule has 0 saturated carbocycles. The first kappa shape index (κ1) is 23.8. The van der Waals surface area contributed by atoms with Gasteiger partial charge in [0, 0.05) is 12.3 Å². The lowest BCUT2D eigenvalue weighted by Gasteiger charge is -2.18. The van der Waals surface area contributed by atoms with E-state index in [0.717, 1.165) is 11.1 Å². The first-order chi connectivity index (χ1) is 15.2. The zero-order chi connectivity index (χ0) is 23.2. The summed E-state index contributed by atoms with van der Waals surface area (Å²) in [7, 11) is -8.19. The second-order valence-corrected chi connectivity index (χ2v) is 10.1. The van der Waals surface area contributed by atoms with Crippen molar-refractivity contribution in [2.45, 2.75) is 29.7 Å². The van der Waals surface area contributed by atoms with Crippen LogP contribution >= 0.6 is 0 Å². The van der Waals surface area contributed by atoms with Gasteiger partial charge in [0.25, 0.3) is 20.2 Å². The van der Waals surface area contributed by atoms with Crippen molar-refractivity contribution in [3.63, 3.8) is 0 Å². The average molecular weight is 479 g/mol. The molecule has 0 N–H and O–H groups in total. The standard InChI is InChI=1S/C21H22N2O7S2/c1-16-5-9-19(10-6-16)31(24,25)28-14-18(30-21-4-3-13-22-23-21)15-29-32(26,27)20-11-7-17(2)8-12-20/h3-13,18H,14-15H2,1-2H3. The summed E-state index contributed by atoms with van der Waals surface area (Å²) in [5.41, 5.74) is 1.78. The Morgan fingerprint density at radius 3 is 1.62 bits per heavy atom.